The highest BCUT2D eigenvalue weighted by Crippen LogP contribution is 2.26. The SMILES string of the molecule is CCC(=O)N1CCN(C(=O)C2CCN(S(=O)(=O)c3ccc(C(C)C)cc3)CC2)CC1. The Bertz CT molecular complexity index is 851. The van der Waals surface area contributed by atoms with Gasteiger partial charge in [0.1, 0.15) is 0 Å². The van der Waals surface area contributed by atoms with Crippen molar-refractivity contribution in [3.8, 4) is 0 Å². The fourth-order valence-electron chi connectivity index (χ4n) is 4.17. The molecule has 2 aliphatic rings. The zero-order chi connectivity index (χ0) is 21.9. The lowest BCUT2D eigenvalue weighted by Gasteiger charge is -2.38. The lowest BCUT2D eigenvalue weighted by atomic mass is 9.96. The van der Waals surface area contributed by atoms with Crippen LogP contribution in [0.1, 0.15) is 51.5 Å². The largest absolute Gasteiger partial charge is 0.339 e. The van der Waals surface area contributed by atoms with Crippen LogP contribution in [-0.4, -0.2) is 73.6 Å². The molecule has 2 fully saturated rings. The first-order chi connectivity index (χ1) is 14.2. The average molecular weight is 436 g/mol. The topological polar surface area (TPSA) is 78.0 Å². The van der Waals surface area contributed by atoms with Crippen molar-refractivity contribution in [3.05, 3.63) is 29.8 Å². The van der Waals surface area contributed by atoms with Gasteiger partial charge in [0, 0.05) is 51.6 Å². The van der Waals surface area contributed by atoms with E-state index >= 15 is 0 Å². The first kappa shape index (κ1) is 22.7. The molecule has 3 rings (SSSR count). The number of hydrogen-bond acceptors (Lipinski definition) is 4. The van der Waals surface area contributed by atoms with E-state index in [0.29, 0.717) is 69.3 Å². The Labute approximate surface area is 180 Å². The number of piperidine rings is 1. The van der Waals surface area contributed by atoms with Crippen molar-refractivity contribution in [2.75, 3.05) is 39.3 Å². The van der Waals surface area contributed by atoms with Crippen LogP contribution >= 0.6 is 0 Å². The van der Waals surface area contributed by atoms with Crippen LogP contribution in [0.5, 0.6) is 0 Å². The molecule has 0 saturated carbocycles. The second-order valence-electron chi connectivity index (χ2n) is 8.46. The van der Waals surface area contributed by atoms with E-state index in [4.69, 9.17) is 0 Å². The van der Waals surface area contributed by atoms with Gasteiger partial charge in [0.2, 0.25) is 21.8 Å². The molecular formula is C22H33N3O4S. The minimum absolute atomic E-state index is 0.0944. The summed E-state index contributed by atoms with van der Waals surface area (Å²) in [5.74, 6) is 0.428. The minimum atomic E-state index is -3.53. The summed E-state index contributed by atoms with van der Waals surface area (Å²) < 4.78 is 27.4. The van der Waals surface area contributed by atoms with Gasteiger partial charge in [-0.1, -0.05) is 32.9 Å². The van der Waals surface area contributed by atoms with Gasteiger partial charge in [0.05, 0.1) is 4.90 Å². The van der Waals surface area contributed by atoms with Gasteiger partial charge in [-0.3, -0.25) is 9.59 Å². The maximum absolute atomic E-state index is 13.0. The number of benzene rings is 1. The fraction of sp³-hybridized carbons (Fsp3) is 0.636. The highest BCUT2D eigenvalue weighted by Gasteiger charge is 2.35. The highest BCUT2D eigenvalue weighted by atomic mass is 32.2. The smallest absolute Gasteiger partial charge is 0.243 e. The van der Waals surface area contributed by atoms with Gasteiger partial charge in [-0.25, -0.2) is 8.42 Å². The third-order valence-electron chi connectivity index (χ3n) is 6.23. The summed E-state index contributed by atoms with van der Waals surface area (Å²) in [5.41, 5.74) is 1.11. The van der Waals surface area contributed by atoms with Gasteiger partial charge in [-0.05, 0) is 36.5 Å². The molecule has 30 heavy (non-hydrogen) atoms. The Morgan fingerprint density at radius 1 is 0.933 bits per heavy atom. The standard InChI is InChI=1S/C22H33N3O4S/c1-4-21(26)23-13-15-24(16-14-23)22(27)19-9-11-25(12-10-19)30(28,29)20-7-5-18(6-8-20)17(2)3/h5-8,17,19H,4,9-16H2,1-3H3. The molecule has 0 aliphatic carbocycles. The van der Waals surface area contributed by atoms with Gasteiger partial charge in [0.25, 0.3) is 0 Å². The zero-order valence-corrected chi connectivity index (χ0v) is 19.0. The summed E-state index contributed by atoms with van der Waals surface area (Å²) >= 11 is 0. The molecule has 1 aromatic carbocycles. The normalized spacial score (nSPS) is 19.3. The van der Waals surface area contributed by atoms with Crippen LogP contribution < -0.4 is 0 Å². The number of rotatable bonds is 5. The molecule has 166 valence electrons. The summed E-state index contributed by atoms with van der Waals surface area (Å²) in [5, 5.41) is 0. The second-order valence-corrected chi connectivity index (χ2v) is 10.4. The van der Waals surface area contributed by atoms with E-state index < -0.39 is 10.0 Å². The van der Waals surface area contributed by atoms with Crippen LogP contribution in [-0.2, 0) is 19.6 Å². The number of sulfonamides is 1. The maximum atomic E-state index is 13.0. The molecule has 0 radical (unpaired) electrons. The predicted molar refractivity (Wildman–Crippen MR) is 115 cm³/mol. The van der Waals surface area contributed by atoms with E-state index in [1.54, 1.807) is 12.1 Å². The van der Waals surface area contributed by atoms with Crippen molar-refractivity contribution >= 4 is 21.8 Å². The molecule has 0 atom stereocenters. The number of carbonyl (C=O) groups is 2. The van der Waals surface area contributed by atoms with Crippen molar-refractivity contribution in [1.29, 1.82) is 0 Å². The number of carbonyl (C=O) groups excluding carboxylic acids is 2. The Balaban J connectivity index is 1.55. The monoisotopic (exact) mass is 435 g/mol. The maximum Gasteiger partial charge on any atom is 0.243 e. The minimum Gasteiger partial charge on any atom is -0.339 e. The van der Waals surface area contributed by atoms with E-state index in [9.17, 15) is 18.0 Å². The second kappa shape index (κ2) is 9.47. The molecule has 0 bridgehead atoms. The van der Waals surface area contributed by atoms with Gasteiger partial charge in [-0.15, -0.1) is 0 Å². The molecular weight excluding hydrogens is 402 g/mol. The van der Waals surface area contributed by atoms with Crippen molar-refractivity contribution in [1.82, 2.24) is 14.1 Å². The van der Waals surface area contributed by atoms with Crippen molar-refractivity contribution < 1.29 is 18.0 Å². The van der Waals surface area contributed by atoms with Gasteiger partial charge < -0.3 is 9.80 Å². The molecule has 7 nitrogen and oxygen atoms in total. The quantitative estimate of drug-likeness (QED) is 0.711. The van der Waals surface area contributed by atoms with Crippen LogP contribution in [0.4, 0.5) is 0 Å². The van der Waals surface area contributed by atoms with E-state index in [0.717, 1.165) is 5.56 Å². The molecule has 0 aromatic heterocycles. The fourth-order valence-corrected chi connectivity index (χ4v) is 5.64. The Morgan fingerprint density at radius 3 is 1.97 bits per heavy atom. The molecule has 1 aromatic rings. The predicted octanol–water partition coefficient (Wildman–Crippen LogP) is 2.29. The van der Waals surface area contributed by atoms with Crippen LogP contribution in [0.2, 0.25) is 0 Å². The molecule has 0 unspecified atom stereocenters. The van der Waals surface area contributed by atoms with Crippen molar-refractivity contribution in [2.45, 2.75) is 50.8 Å². The highest BCUT2D eigenvalue weighted by molar-refractivity contribution is 7.89. The Morgan fingerprint density at radius 2 is 1.47 bits per heavy atom. The van der Waals surface area contributed by atoms with Crippen LogP contribution in [0.3, 0.4) is 0 Å². The van der Waals surface area contributed by atoms with Crippen molar-refractivity contribution in [2.24, 2.45) is 5.92 Å². The van der Waals surface area contributed by atoms with E-state index in [1.807, 2.05) is 28.9 Å². The van der Waals surface area contributed by atoms with Gasteiger partial charge in [0.15, 0.2) is 0 Å². The van der Waals surface area contributed by atoms with E-state index in [-0.39, 0.29) is 17.7 Å². The number of nitrogens with zero attached hydrogens (tertiary/aromatic N) is 3. The lowest BCUT2D eigenvalue weighted by Crippen LogP contribution is -2.53. The molecule has 2 amide bonds. The first-order valence-electron chi connectivity index (χ1n) is 10.9. The summed E-state index contributed by atoms with van der Waals surface area (Å²) in [7, 11) is -3.53. The van der Waals surface area contributed by atoms with Gasteiger partial charge >= 0.3 is 0 Å². The van der Waals surface area contributed by atoms with E-state index in [2.05, 4.69) is 13.8 Å². The zero-order valence-electron chi connectivity index (χ0n) is 18.2. The average Bonchev–Trinajstić information content (AvgIpc) is 2.78. The number of piperazine rings is 1. The molecule has 0 N–H and O–H groups in total. The molecule has 2 aliphatic heterocycles. The van der Waals surface area contributed by atoms with Crippen LogP contribution in [0, 0.1) is 5.92 Å². The summed E-state index contributed by atoms with van der Waals surface area (Å²) in [6.07, 6.45) is 1.56. The summed E-state index contributed by atoms with van der Waals surface area (Å²) in [6.45, 7) is 9.00. The van der Waals surface area contributed by atoms with Gasteiger partial charge in [-0.2, -0.15) is 4.31 Å². The lowest BCUT2D eigenvalue weighted by molar-refractivity contribution is -0.142. The summed E-state index contributed by atoms with van der Waals surface area (Å²) in [6, 6.07) is 7.10. The first-order valence-corrected chi connectivity index (χ1v) is 12.3. The molecule has 8 heteroatoms. The number of amides is 2. The Hall–Kier alpha value is -1.93. The third-order valence-corrected chi connectivity index (χ3v) is 8.15. The number of hydrogen-bond donors (Lipinski definition) is 0. The van der Waals surface area contributed by atoms with Crippen LogP contribution in [0.25, 0.3) is 0 Å². The molecule has 2 saturated heterocycles. The Kier molecular flexibility index (Phi) is 7.18. The van der Waals surface area contributed by atoms with Crippen LogP contribution in [0.15, 0.2) is 29.2 Å². The molecule has 2 heterocycles. The molecule has 0 spiro atoms. The summed E-state index contributed by atoms with van der Waals surface area (Å²) in [4.78, 5) is 28.6. The third kappa shape index (κ3) is 4.86. The van der Waals surface area contributed by atoms with Crippen molar-refractivity contribution in [3.63, 3.8) is 0 Å². The van der Waals surface area contributed by atoms with E-state index in [1.165, 1.54) is 4.31 Å².